The van der Waals surface area contributed by atoms with Gasteiger partial charge in [-0.3, -0.25) is 0 Å². The van der Waals surface area contributed by atoms with Crippen LogP contribution in [0.4, 0.5) is 4.39 Å². The van der Waals surface area contributed by atoms with Crippen LogP contribution in [0, 0.1) is 5.82 Å². The predicted molar refractivity (Wildman–Crippen MR) is 129 cm³/mol. The van der Waals surface area contributed by atoms with Gasteiger partial charge in [-0.1, -0.05) is 6.07 Å². The number of aliphatic imine (C=N–C) groups is 1. The zero-order chi connectivity index (χ0) is 20.6. The monoisotopic (exact) mass is 526 g/mol. The smallest absolute Gasteiger partial charge is 0.191 e. The molecule has 0 unspecified atom stereocenters. The van der Waals surface area contributed by atoms with E-state index in [4.69, 9.17) is 4.74 Å². The summed E-state index contributed by atoms with van der Waals surface area (Å²) in [4.78, 5) is 7.72. The lowest BCUT2D eigenvalue weighted by atomic mass is 10.1. The summed E-state index contributed by atoms with van der Waals surface area (Å²) in [6.45, 7) is 6.28. The lowest BCUT2D eigenvalue weighted by Crippen LogP contribution is -2.38. The number of benzene rings is 2. The second-order valence-corrected chi connectivity index (χ2v) is 6.61. The number of phenolic OH excluding ortho intramolecular Hbond substituents is 1. The molecule has 0 saturated heterocycles. The Bertz CT molecular complexity index is 990. The molecule has 0 bridgehead atoms. The zero-order valence-corrected chi connectivity index (χ0v) is 19.5. The van der Waals surface area contributed by atoms with Crippen LogP contribution in [0.25, 0.3) is 10.9 Å². The van der Waals surface area contributed by atoms with Gasteiger partial charge in [-0.05, 0) is 61.7 Å². The molecule has 0 amide bonds. The molecule has 4 N–H and O–H groups in total. The van der Waals surface area contributed by atoms with Crippen molar-refractivity contribution in [2.75, 3.05) is 19.7 Å². The molecule has 3 rings (SSSR count). The molecule has 0 atom stereocenters. The molecule has 3 aromatic rings. The van der Waals surface area contributed by atoms with Crippen LogP contribution in [-0.2, 0) is 13.0 Å². The molecule has 0 aliphatic rings. The first-order valence-electron chi connectivity index (χ1n) is 9.83. The molecule has 0 aliphatic carbocycles. The van der Waals surface area contributed by atoms with Crippen molar-refractivity contribution in [2.24, 2.45) is 4.99 Å². The Hall–Kier alpha value is -2.49. The van der Waals surface area contributed by atoms with E-state index in [1.807, 2.05) is 26.1 Å². The number of hydrogen-bond donors (Lipinski definition) is 4. The Labute approximate surface area is 193 Å². The highest BCUT2D eigenvalue weighted by Gasteiger charge is 2.06. The number of hydrogen-bond acceptors (Lipinski definition) is 3. The number of guanidine groups is 1. The van der Waals surface area contributed by atoms with E-state index in [1.165, 1.54) is 12.1 Å². The van der Waals surface area contributed by atoms with Gasteiger partial charge in [0.2, 0.25) is 0 Å². The van der Waals surface area contributed by atoms with Crippen LogP contribution in [0.3, 0.4) is 0 Å². The molecule has 0 saturated carbocycles. The minimum Gasteiger partial charge on any atom is -0.504 e. The molecule has 30 heavy (non-hydrogen) atoms. The van der Waals surface area contributed by atoms with Crippen LogP contribution in [-0.4, -0.2) is 35.7 Å². The number of fused-ring (bicyclic) bond motifs is 1. The first-order chi connectivity index (χ1) is 14.1. The fourth-order valence-corrected chi connectivity index (χ4v) is 3.12. The van der Waals surface area contributed by atoms with E-state index >= 15 is 0 Å². The van der Waals surface area contributed by atoms with E-state index in [0.29, 0.717) is 31.4 Å². The van der Waals surface area contributed by atoms with E-state index in [0.717, 1.165) is 35.0 Å². The van der Waals surface area contributed by atoms with Gasteiger partial charge in [0, 0.05) is 30.2 Å². The topological polar surface area (TPSA) is 81.7 Å². The largest absolute Gasteiger partial charge is 0.504 e. The second-order valence-electron chi connectivity index (χ2n) is 6.61. The van der Waals surface area contributed by atoms with Gasteiger partial charge in [0.05, 0.1) is 13.2 Å². The molecule has 6 nitrogen and oxygen atoms in total. The van der Waals surface area contributed by atoms with E-state index < -0.39 is 0 Å². The molecular weight excluding hydrogens is 498 g/mol. The third kappa shape index (κ3) is 6.25. The zero-order valence-electron chi connectivity index (χ0n) is 17.2. The van der Waals surface area contributed by atoms with Crippen LogP contribution in [0.15, 0.2) is 47.6 Å². The Kier molecular flexibility index (Phi) is 9.22. The third-order valence-electron chi connectivity index (χ3n) is 4.50. The first-order valence-corrected chi connectivity index (χ1v) is 9.83. The van der Waals surface area contributed by atoms with Gasteiger partial charge in [-0.15, -0.1) is 24.0 Å². The van der Waals surface area contributed by atoms with Crippen LogP contribution in [0.1, 0.15) is 25.0 Å². The average molecular weight is 526 g/mol. The highest BCUT2D eigenvalue weighted by molar-refractivity contribution is 14.0. The predicted octanol–water partition coefficient (Wildman–Crippen LogP) is 4.33. The van der Waals surface area contributed by atoms with E-state index in [-0.39, 0.29) is 35.5 Å². The summed E-state index contributed by atoms with van der Waals surface area (Å²) < 4.78 is 18.7. The quantitative estimate of drug-likeness (QED) is 0.200. The molecule has 1 aromatic heterocycles. The maximum absolute atomic E-state index is 13.3. The molecule has 0 aliphatic heterocycles. The number of aromatic hydroxyl groups is 1. The maximum atomic E-state index is 13.3. The van der Waals surface area contributed by atoms with E-state index in [9.17, 15) is 9.50 Å². The summed E-state index contributed by atoms with van der Waals surface area (Å²) >= 11 is 0. The summed E-state index contributed by atoms with van der Waals surface area (Å²) in [7, 11) is 0. The van der Waals surface area contributed by atoms with Crippen LogP contribution >= 0.6 is 24.0 Å². The van der Waals surface area contributed by atoms with Crippen molar-refractivity contribution in [3.05, 3.63) is 59.5 Å². The summed E-state index contributed by atoms with van der Waals surface area (Å²) in [5.74, 6) is 1.06. The Morgan fingerprint density at radius 3 is 2.77 bits per heavy atom. The maximum Gasteiger partial charge on any atom is 0.191 e. The molecule has 0 fully saturated rings. The summed E-state index contributed by atoms with van der Waals surface area (Å²) in [6.07, 6.45) is 2.70. The number of rotatable bonds is 8. The summed E-state index contributed by atoms with van der Waals surface area (Å²) in [5.41, 5.74) is 2.88. The minimum absolute atomic E-state index is 0. The highest BCUT2D eigenvalue weighted by atomic mass is 127. The minimum atomic E-state index is -0.243. The van der Waals surface area contributed by atoms with Crippen molar-refractivity contribution in [1.82, 2.24) is 15.6 Å². The fraction of sp³-hybridized carbons (Fsp3) is 0.318. The Morgan fingerprint density at radius 2 is 2.00 bits per heavy atom. The summed E-state index contributed by atoms with van der Waals surface area (Å²) in [6, 6.07) is 10.0. The van der Waals surface area contributed by atoms with Crippen LogP contribution in [0.2, 0.25) is 0 Å². The molecule has 0 radical (unpaired) electrons. The number of nitrogens with zero attached hydrogens (tertiary/aromatic N) is 1. The van der Waals surface area contributed by atoms with Crippen molar-refractivity contribution < 1.29 is 14.2 Å². The Morgan fingerprint density at radius 1 is 1.17 bits per heavy atom. The van der Waals surface area contributed by atoms with Crippen LogP contribution < -0.4 is 15.4 Å². The molecule has 162 valence electrons. The van der Waals surface area contributed by atoms with Crippen molar-refractivity contribution in [2.45, 2.75) is 26.8 Å². The van der Waals surface area contributed by atoms with Gasteiger partial charge in [0.15, 0.2) is 17.5 Å². The van der Waals surface area contributed by atoms with Crippen molar-refractivity contribution >= 4 is 40.8 Å². The van der Waals surface area contributed by atoms with Gasteiger partial charge in [0.1, 0.15) is 5.82 Å². The van der Waals surface area contributed by atoms with Crippen molar-refractivity contribution in [3.63, 3.8) is 0 Å². The molecular formula is C22H28FIN4O2. The number of ether oxygens (including phenoxy) is 1. The van der Waals surface area contributed by atoms with Gasteiger partial charge in [-0.2, -0.15) is 0 Å². The number of aromatic nitrogens is 1. The van der Waals surface area contributed by atoms with Crippen LogP contribution in [0.5, 0.6) is 11.5 Å². The SMILES string of the molecule is CCNC(=NCc1ccc(O)c(OCC)c1)NCCc1c[nH]c2cc(F)ccc12.I. The van der Waals surface area contributed by atoms with Crippen molar-refractivity contribution in [3.8, 4) is 11.5 Å². The number of halogens is 2. The van der Waals surface area contributed by atoms with Gasteiger partial charge in [-0.25, -0.2) is 9.38 Å². The molecule has 8 heteroatoms. The molecule has 2 aromatic carbocycles. The van der Waals surface area contributed by atoms with E-state index in [1.54, 1.807) is 18.2 Å². The van der Waals surface area contributed by atoms with Gasteiger partial charge < -0.3 is 25.5 Å². The lowest BCUT2D eigenvalue weighted by molar-refractivity contribution is 0.318. The molecule has 0 spiro atoms. The second kappa shape index (κ2) is 11.6. The van der Waals surface area contributed by atoms with E-state index in [2.05, 4.69) is 20.6 Å². The number of aromatic amines is 1. The lowest BCUT2D eigenvalue weighted by Gasteiger charge is -2.12. The summed E-state index contributed by atoms with van der Waals surface area (Å²) in [5, 5.41) is 17.4. The normalized spacial score (nSPS) is 11.2. The third-order valence-corrected chi connectivity index (χ3v) is 4.50. The Balaban J connectivity index is 0.00000320. The number of phenols is 1. The first kappa shape index (κ1) is 23.8. The fourth-order valence-electron chi connectivity index (χ4n) is 3.12. The standard InChI is InChI=1S/C22H27FN4O2.HI/c1-3-24-22(27-13-15-5-8-20(28)21(11-15)29-4-2)25-10-9-16-14-26-19-12-17(23)6-7-18(16)19;/h5-8,11-12,14,26,28H,3-4,9-10,13H2,1-2H3,(H2,24,25,27);1H. The number of H-pyrrole nitrogens is 1. The van der Waals surface area contributed by atoms with Crippen molar-refractivity contribution in [1.29, 1.82) is 0 Å². The van der Waals surface area contributed by atoms with Gasteiger partial charge in [0.25, 0.3) is 0 Å². The molecule has 1 heterocycles. The average Bonchev–Trinajstić information content (AvgIpc) is 3.10. The highest BCUT2D eigenvalue weighted by Crippen LogP contribution is 2.27. The van der Waals surface area contributed by atoms with Gasteiger partial charge >= 0.3 is 0 Å². The number of nitrogens with one attached hydrogen (secondary N) is 3.